The van der Waals surface area contributed by atoms with Crippen LogP contribution in [0.5, 0.6) is 0 Å². The van der Waals surface area contributed by atoms with Gasteiger partial charge in [0.25, 0.3) is 5.56 Å². The maximum absolute atomic E-state index is 12.7. The summed E-state index contributed by atoms with van der Waals surface area (Å²) in [6, 6.07) is 9.65. The van der Waals surface area contributed by atoms with E-state index in [4.69, 9.17) is 0 Å². The molecule has 6 heteroatoms. The van der Waals surface area contributed by atoms with Crippen molar-refractivity contribution < 1.29 is 0 Å². The zero-order valence-corrected chi connectivity index (χ0v) is 12.5. The third kappa shape index (κ3) is 2.55. The molecule has 112 valence electrons. The van der Waals surface area contributed by atoms with Crippen molar-refractivity contribution in [1.82, 2.24) is 19.5 Å². The zero-order valence-electron chi connectivity index (χ0n) is 12.5. The summed E-state index contributed by atoms with van der Waals surface area (Å²) in [5, 5.41) is 3.20. The lowest BCUT2D eigenvalue weighted by Gasteiger charge is -2.18. The average molecular weight is 295 g/mol. The molecule has 0 fully saturated rings. The SMILES string of the molecule is CCC(C)n1c(Nc2ccccc2)nc2nccnc2c1=O. The van der Waals surface area contributed by atoms with Crippen LogP contribution in [0.15, 0.2) is 47.5 Å². The van der Waals surface area contributed by atoms with E-state index in [1.54, 1.807) is 4.57 Å². The van der Waals surface area contributed by atoms with Crippen LogP contribution in [0.25, 0.3) is 11.2 Å². The van der Waals surface area contributed by atoms with Crippen LogP contribution in [-0.2, 0) is 0 Å². The second-order valence-corrected chi connectivity index (χ2v) is 5.09. The fourth-order valence-corrected chi connectivity index (χ4v) is 2.26. The second-order valence-electron chi connectivity index (χ2n) is 5.09. The van der Waals surface area contributed by atoms with Gasteiger partial charge >= 0.3 is 0 Å². The number of rotatable bonds is 4. The molecule has 1 aromatic carbocycles. The molecule has 2 aromatic heterocycles. The molecule has 6 nitrogen and oxygen atoms in total. The Kier molecular flexibility index (Phi) is 3.82. The maximum atomic E-state index is 12.7. The molecule has 0 amide bonds. The monoisotopic (exact) mass is 295 g/mol. The molecule has 1 N–H and O–H groups in total. The van der Waals surface area contributed by atoms with Gasteiger partial charge in [0, 0.05) is 24.1 Å². The highest BCUT2D eigenvalue weighted by Crippen LogP contribution is 2.19. The molecule has 0 saturated carbocycles. The zero-order chi connectivity index (χ0) is 15.5. The smallest absolute Gasteiger partial charge is 0.283 e. The predicted molar refractivity (Wildman–Crippen MR) is 86.3 cm³/mol. The number of nitrogens with one attached hydrogen (secondary N) is 1. The Morgan fingerprint density at radius 2 is 1.91 bits per heavy atom. The molecular formula is C16H17N5O. The van der Waals surface area contributed by atoms with Crippen molar-refractivity contribution in [2.75, 3.05) is 5.32 Å². The molecule has 3 aromatic rings. The van der Waals surface area contributed by atoms with Gasteiger partial charge in [-0.05, 0) is 25.5 Å². The number of benzene rings is 1. The molecule has 0 bridgehead atoms. The van der Waals surface area contributed by atoms with Gasteiger partial charge in [0.2, 0.25) is 5.95 Å². The summed E-state index contributed by atoms with van der Waals surface area (Å²) < 4.78 is 1.64. The van der Waals surface area contributed by atoms with Crippen LogP contribution in [0.3, 0.4) is 0 Å². The standard InChI is InChI=1S/C16H17N5O/c1-3-11(2)21-15(22)13-14(18-10-9-17-13)20-16(21)19-12-7-5-4-6-8-12/h4-11H,3H2,1-2H3,(H,18,19,20). The van der Waals surface area contributed by atoms with Crippen molar-refractivity contribution in [3.05, 3.63) is 53.1 Å². The van der Waals surface area contributed by atoms with E-state index in [9.17, 15) is 4.79 Å². The number of aromatic nitrogens is 4. The molecule has 0 aliphatic carbocycles. The minimum atomic E-state index is -0.175. The number of nitrogens with zero attached hydrogens (tertiary/aromatic N) is 4. The number of fused-ring (bicyclic) bond motifs is 1. The summed E-state index contributed by atoms with van der Waals surface area (Å²) in [6.45, 7) is 4.02. The molecule has 1 atom stereocenters. The van der Waals surface area contributed by atoms with Crippen LogP contribution >= 0.6 is 0 Å². The number of hydrogen-bond acceptors (Lipinski definition) is 5. The summed E-state index contributed by atoms with van der Waals surface area (Å²) in [5.74, 6) is 0.485. The molecule has 0 radical (unpaired) electrons. The van der Waals surface area contributed by atoms with Gasteiger partial charge in [-0.2, -0.15) is 4.98 Å². The molecule has 22 heavy (non-hydrogen) atoms. The van der Waals surface area contributed by atoms with Gasteiger partial charge in [0.05, 0.1) is 0 Å². The molecule has 2 heterocycles. The van der Waals surface area contributed by atoms with E-state index in [-0.39, 0.29) is 11.6 Å². The minimum Gasteiger partial charge on any atom is -0.325 e. The first kappa shape index (κ1) is 14.2. The third-order valence-corrected chi connectivity index (χ3v) is 3.60. The van der Waals surface area contributed by atoms with Crippen LogP contribution < -0.4 is 10.9 Å². The van der Waals surface area contributed by atoms with Crippen LogP contribution in [0.1, 0.15) is 26.3 Å². The van der Waals surface area contributed by atoms with Crippen LogP contribution in [0.4, 0.5) is 11.6 Å². The fourth-order valence-electron chi connectivity index (χ4n) is 2.26. The molecule has 0 aliphatic heterocycles. The first-order valence-corrected chi connectivity index (χ1v) is 7.26. The minimum absolute atomic E-state index is 0.0117. The van der Waals surface area contributed by atoms with Crippen molar-refractivity contribution in [3.8, 4) is 0 Å². The second kappa shape index (κ2) is 5.93. The lowest BCUT2D eigenvalue weighted by Crippen LogP contribution is -2.27. The van der Waals surface area contributed by atoms with Crippen molar-refractivity contribution >= 4 is 22.8 Å². The van der Waals surface area contributed by atoms with E-state index in [2.05, 4.69) is 20.3 Å². The van der Waals surface area contributed by atoms with Gasteiger partial charge in [-0.3, -0.25) is 9.36 Å². The molecule has 3 rings (SSSR count). The average Bonchev–Trinajstić information content (AvgIpc) is 2.55. The van der Waals surface area contributed by atoms with Gasteiger partial charge in [0.1, 0.15) is 0 Å². The summed E-state index contributed by atoms with van der Waals surface area (Å²) in [5.41, 5.74) is 1.34. The summed E-state index contributed by atoms with van der Waals surface area (Å²) in [7, 11) is 0. The number of anilines is 2. The van der Waals surface area contributed by atoms with E-state index in [0.29, 0.717) is 17.1 Å². The largest absolute Gasteiger partial charge is 0.325 e. The van der Waals surface area contributed by atoms with E-state index in [1.807, 2.05) is 44.2 Å². The Balaban J connectivity index is 2.20. The number of para-hydroxylation sites is 1. The summed E-state index contributed by atoms with van der Waals surface area (Å²) >= 11 is 0. The highest BCUT2D eigenvalue weighted by atomic mass is 16.1. The van der Waals surface area contributed by atoms with Crippen LogP contribution in [-0.4, -0.2) is 19.5 Å². The molecule has 0 saturated heterocycles. The highest BCUT2D eigenvalue weighted by molar-refractivity contribution is 5.70. The van der Waals surface area contributed by atoms with Crippen molar-refractivity contribution in [1.29, 1.82) is 0 Å². The van der Waals surface area contributed by atoms with E-state index < -0.39 is 0 Å². The Bertz CT molecular complexity index is 844. The molecule has 0 spiro atoms. The normalized spacial score (nSPS) is 12.3. The van der Waals surface area contributed by atoms with Gasteiger partial charge in [0.15, 0.2) is 11.2 Å². The molecule has 0 aliphatic rings. The Labute approximate surface area is 127 Å². The van der Waals surface area contributed by atoms with E-state index >= 15 is 0 Å². The first-order chi connectivity index (χ1) is 10.7. The maximum Gasteiger partial charge on any atom is 0.283 e. The van der Waals surface area contributed by atoms with Gasteiger partial charge in [-0.1, -0.05) is 25.1 Å². The topological polar surface area (TPSA) is 72.7 Å². The van der Waals surface area contributed by atoms with Crippen molar-refractivity contribution in [2.45, 2.75) is 26.3 Å². The number of hydrogen-bond donors (Lipinski definition) is 1. The third-order valence-electron chi connectivity index (χ3n) is 3.60. The molecular weight excluding hydrogens is 278 g/mol. The van der Waals surface area contributed by atoms with Crippen LogP contribution in [0.2, 0.25) is 0 Å². The Morgan fingerprint density at radius 1 is 1.18 bits per heavy atom. The van der Waals surface area contributed by atoms with Gasteiger partial charge in [-0.15, -0.1) is 0 Å². The Morgan fingerprint density at radius 3 is 2.64 bits per heavy atom. The van der Waals surface area contributed by atoms with Crippen molar-refractivity contribution in [2.24, 2.45) is 0 Å². The quantitative estimate of drug-likeness (QED) is 0.801. The van der Waals surface area contributed by atoms with Crippen LogP contribution in [0, 0.1) is 0 Å². The fraction of sp³-hybridized carbons (Fsp3) is 0.250. The van der Waals surface area contributed by atoms with E-state index in [0.717, 1.165) is 12.1 Å². The van der Waals surface area contributed by atoms with Gasteiger partial charge in [-0.25, -0.2) is 9.97 Å². The lowest BCUT2D eigenvalue weighted by atomic mass is 10.2. The predicted octanol–water partition coefficient (Wildman–Crippen LogP) is 2.90. The Hall–Kier alpha value is -2.76. The lowest BCUT2D eigenvalue weighted by molar-refractivity contribution is 0.517. The van der Waals surface area contributed by atoms with Crippen molar-refractivity contribution in [3.63, 3.8) is 0 Å². The summed E-state index contributed by atoms with van der Waals surface area (Å²) in [4.78, 5) is 25.5. The molecule has 1 unspecified atom stereocenters. The summed E-state index contributed by atoms with van der Waals surface area (Å²) in [6.07, 6.45) is 3.86. The van der Waals surface area contributed by atoms with E-state index in [1.165, 1.54) is 12.4 Å². The first-order valence-electron chi connectivity index (χ1n) is 7.26. The highest BCUT2D eigenvalue weighted by Gasteiger charge is 2.16. The van der Waals surface area contributed by atoms with Gasteiger partial charge < -0.3 is 5.32 Å².